The van der Waals surface area contributed by atoms with Gasteiger partial charge in [-0.15, -0.1) is 29.8 Å². The van der Waals surface area contributed by atoms with Crippen molar-refractivity contribution in [2.45, 2.75) is 65.7 Å². The number of hydrogen-bond donors (Lipinski definition) is 1. The van der Waals surface area contributed by atoms with E-state index in [0.29, 0.717) is 17.0 Å². The van der Waals surface area contributed by atoms with E-state index in [0.717, 1.165) is 77.0 Å². The average molecular weight is 964 g/mol. The molecule has 6 heteroatoms. The van der Waals surface area contributed by atoms with Gasteiger partial charge in [-0.05, 0) is 74.4 Å². The second-order valence-corrected chi connectivity index (χ2v) is 17.5. The van der Waals surface area contributed by atoms with Gasteiger partial charge in [0.25, 0.3) is 0 Å². The zero-order valence-electron chi connectivity index (χ0n) is 34.9. The first-order valence-electron chi connectivity index (χ1n) is 20.6. The fourth-order valence-electron chi connectivity index (χ4n) is 8.89. The van der Waals surface area contributed by atoms with Crippen LogP contribution in [-0.4, -0.2) is 19.6 Å². The first-order chi connectivity index (χ1) is 28.5. The van der Waals surface area contributed by atoms with E-state index < -0.39 is 0 Å². The molecule has 0 aliphatic carbocycles. The molecule has 0 atom stereocenters. The van der Waals surface area contributed by atoms with Crippen molar-refractivity contribution in [2.75, 3.05) is 0 Å². The van der Waals surface area contributed by atoms with E-state index in [4.69, 9.17) is 9.40 Å². The molecular weight excluding hydrogens is 918 g/mol. The minimum atomic E-state index is -0.0494. The Morgan fingerprint density at radius 1 is 0.650 bits per heavy atom. The van der Waals surface area contributed by atoms with Crippen LogP contribution in [0, 0.1) is 6.07 Å². The predicted octanol–water partition coefficient (Wildman–Crippen LogP) is 14.7. The second kappa shape index (κ2) is 14.9. The number of hydrogen-bond acceptors (Lipinski definition) is 4. The van der Waals surface area contributed by atoms with E-state index in [9.17, 15) is 5.11 Å². The topological polar surface area (TPSA) is 64.1 Å². The van der Waals surface area contributed by atoms with Crippen molar-refractivity contribution in [1.29, 1.82) is 0 Å². The molecule has 0 bridgehead atoms. The Morgan fingerprint density at radius 2 is 1.28 bits per heavy atom. The normalized spacial score (nSPS) is 12.2. The summed E-state index contributed by atoms with van der Waals surface area (Å²) in [4.78, 5) is 10.2. The van der Waals surface area contributed by atoms with Crippen molar-refractivity contribution in [3.63, 3.8) is 0 Å². The summed E-state index contributed by atoms with van der Waals surface area (Å²) in [6.45, 7) is 15.9. The number of rotatable bonds is 6. The fraction of sp³-hybridized carbons (Fsp3) is 0.185. The molecule has 0 aliphatic rings. The van der Waals surface area contributed by atoms with Crippen LogP contribution in [0.25, 0.3) is 94.0 Å². The van der Waals surface area contributed by atoms with Crippen molar-refractivity contribution in [3.8, 4) is 45.2 Å². The summed E-state index contributed by atoms with van der Waals surface area (Å²) >= 11 is 0. The third kappa shape index (κ3) is 6.34. The third-order valence-corrected chi connectivity index (χ3v) is 11.9. The van der Waals surface area contributed by atoms with Gasteiger partial charge in [0.15, 0.2) is 0 Å². The minimum Gasteiger partial charge on any atom is -0.507 e. The number of phenols is 1. The van der Waals surface area contributed by atoms with Crippen LogP contribution in [0.1, 0.15) is 77.0 Å². The molecule has 60 heavy (non-hydrogen) atoms. The summed E-state index contributed by atoms with van der Waals surface area (Å²) in [6.07, 6.45) is 1.81. The zero-order valence-corrected chi connectivity index (χ0v) is 37.1. The van der Waals surface area contributed by atoms with Crippen LogP contribution in [0.3, 0.4) is 0 Å². The fourth-order valence-corrected chi connectivity index (χ4v) is 8.89. The van der Waals surface area contributed by atoms with E-state index in [1.807, 2.05) is 42.6 Å². The van der Waals surface area contributed by atoms with Gasteiger partial charge >= 0.3 is 0 Å². The van der Waals surface area contributed by atoms with Crippen LogP contribution in [0.5, 0.6) is 5.75 Å². The Hall–Kier alpha value is -6.03. The monoisotopic (exact) mass is 963 g/mol. The van der Waals surface area contributed by atoms with E-state index in [1.54, 1.807) is 0 Å². The average Bonchev–Trinajstić information content (AvgIpc) is 3.81. The largest absolute Gasteiger partial charge is 0.507 e. The Labute approximate surface area is 365 Å². The van der Waals surface area contributed by atoms with E-state index in [1.165, 1.54) is 16.7 Å². The van der Waals surface area contributed by atoms with Gasteiger partial charge < -0.3 is 9.52 Å². The minimum absolute atomic E-state index is 0. The molecule has 10 rings (SSSR count). The van der Waals surface area contributed by atoms with Gasteiger partial charge in [0, 0.05) is 49.1 Å². The number of nitrogens with zero attached hydrogens (tertiary/aromatic N) is 3. The van der Waals surface area contributed by atoms with Crippen LogP contribution in [-0.2, 0) is 26.5 Å². The molecule has 3 aromatic heterocycles. The predicted molar refractivity (Wildman–Crippen MR) is 245 cm³/mol. The molecule has 5 nitrogen and oxygen atoms in total. The summed E-state index contributed by atoms with van der Waals surface area (Å²) in [6, 6.07) is 47.6. The Balaban J connectivity index is 0.00000462. The van der Waals surface area contributed by atoms with Crippen molar-refractivity contribution < 1.29 is 30.6 Å². The zero-order chi connectivity index (χ0) is 40.7. The number of imidazole rings is 1. The van der Waals surface area contributed by atoms with Gasteiger partial charge in [0.1, 0.15) is 22.7 Å². The molecular formula is C54H46N3O2Pt-. The van der Waals surface area contributed by atoms with Gasteiger partial charge in [-0.2, -0.15) is 0 Å². The smallest absolute Gasteiger partial charge is 0.148 e. The second-order valence-electron chi connectivity index (χ2n) is 17.5. The number of pyridine rings is 1. The van der Waals surface area contributed by atoms with Crippen molar-refractivity contribution in [1.82, 2.24) is 14.5 Å². The molecule has 0 unspecified atom stereocenters. The maximum Gasteiger partial charge on any atom is 0.148 e. The summed E-state index contributed by atoms with van der Waals surface area (Å²) in [5.41, 5.74) is 12.3. The quantitative estimate of drug-likeness (QED) is 0.133. The first-order valence-corrected chi connectivity index (χ1v) is 20.6. The van der Waals surface area contributed by atoms with E-state index in [2.05, 4.69) is 155 Å². The SMILES string of the molecule is CC(C)c1cc(C(C)(C)C)cc(C(C)C)c1-n1c(-c2cc3oc4c5ccccc5c5ccccc5c4c3cc2O)nc2c(-c3[c-]c(-c4ccccn4)ccc3)cccc21.[Pt]. The number of furan rings is 1. The van der Waals surface area contributed by atoms with E-state index >= 15 is 0 Å². The van der Waals surface area contributed by atoms with Crippen LogP contribution in [0.2, 0.25) is 0 Å². The summed E-state index contributed by atoms with van der Waals surface area (Å²) in [7, 11) is 0. The van der Waals surface area contributed by atoms with Gasteiger partial charge in [0.2, 0.25) is 0 Å². The summed E-state index contributed by atoms with van der Waals surface area (Å²) < 4.78 is 9.18. The Kier molecular flexibility index (Phi) is 9.79. The number of phenolic OH excluding ortho intramolecular Hbond substituents is 1. The van der Waals surface area contributed by atoms with Gasteiger partial charge in [-0.25, -0.2) is 4.98 Å². The molecule has 0 spiro atoms. The van der Waals surface area contributed by atoms with Crippen LogP contribution >= 0.6 is 0 Å². The molecule has 0 saturated carbocycles. The van der Waals surface area contributed by atoms with E-state index in [-0.39, 0.29) is 44.1 Å². The number of aromatic hydroxyl groups is 1. The molecule has 0 radical (unpaired) electrons. The van der Waals surface area contributed by atoms with Gasteiger partial charge in [-0.3, -0.25) is 9.55 Å². The van der Waals surface area contributed by atoms with Crippen LogP contribution in [0.4, 0.5) is 0 Å². The maximum atomic E-state index is 12.4. The summed E-state index contributed by atoms with van der Waals surface area (Å²) in [5.74, 6) is 1.20. The third-order valence-electron chi connectivity index (χ3n) is 11.9. The van der Waals surface area contributed by atoms with Crippen molar-refractivity contribution in [2.24, 2.45) is 0 Å². The number of para-hydroxylation sites is 1. The maximum absolute atomic E-state index is 12.4. The first kappa shape index (κ1) is 39.4. The molecule has 0 saturated heterocycles. The molecule has 7 aromatic carbocycles. The van der Waals surface area contributed by atoms with Crippen molar-refractivity contribution in [3.05, 3.63) is 156 Å². The van der Waals surface area contributed by atoms with Crippen LogP contribution in [0.15, 0.2) is 138 Å². The number of aromatic nitrogens is 3. The van der Waals surface area contributed by atoms with Crippen LogP contribution < -0.4 is 0 Å². The van der Waals surface area contributed by atoms with Gasteiger partial charge in [-0.1, -0.05) is 145 Å². The Morgan fingerprint density at radius 3 is 1.95 bits per heavy atom. The molecule has 10 aromatic rings. The molecule has 0 fully saturated rings. The molecule has 1 N–H and O–H groups in total. The van der Waals surface area contributed by atoms with Crippen molar-refractivity contribution >= 4 is 54.5 Å². The standard InChI is InChI=1S/C54H46N3O2.Pt/c1-31(2)41-27-35(54(5,6)7)28-42(32(3)4)51(41)57-46-24-15-22-36(33-16-14-17-34(26-33)45-23-12-13-25-55-45)50(46)56-53(57)43-30-48-44(29-47(43)58)49-39-20-10-8-18-37(39)38-19-9-11-21-40(38)52(49)59-48;/h8-25,27-32,58H,1-7H3;/q-1;. The number of benzene rings is 7. The number of fused-ring (bicyclic) bond motifs is 9. The Bertz CT molecular complexity index is 3250. The van der Waals surface area contributed by atoms with Gasteiger partial charge in [0.05, 0.1) is 22.3 Å². The molecule has 0 aliphatic heterocycles. The molecule has 3 heterocycles. The molecule has 300 valence electrons. The molecule has 0 amide bonds. The summed E-state index contributed by atoms with van der Waals surface area (Å²) in [5, 5.41) is 18.7.